The summed E-state index contributed by atoms with van der Waals surface area (Å²) in [7, 11) is 0. The monoisotopic (exact) mass is 238 g/mol. The predicted molar refractivity (Wildman–Crippen MR) is 56.7 cm³/mol. The Morgan fingerprint density at radius 3 is 2.53 bits per heavy atom. The van der Waals surface area contributed by atoms with Gasteiger partial charge >= 0.3 is 6.18 Å². The van der Waals surface area contributed by atoms with Crippen molar-refractivity contribution in [1.82, 2.24) is 0 Å². The Balaban J connectivity index is 3.17. The minimum atomic E-state index is -4.55. The number of hydrogen-bond acceptors (Lipinski definition) is 2. The van der Waals surface area contributed by atoms with Gasteiger partial charge in [0.05, 0.1) is 17.2 Å². The van der Waals surface area contributed by atoms with E-state index in [0.29, 0.717) is 13.0 Å². The van der Waals surface area contributed by atoms with E-state index in [9.17, 15) is 13.2 Å². The van der Waals surface area contributed by atoms with Gasteiger partial charge in [0.2, 0.25) is 0 Å². The molecule has 0 spiro atoms. The third kappa shape index (κ3) is 3.51. The minimum Gasteiger partial charge on any atom is -0.330 e. The van der Waals surface area contributed by atoms with Gasteiger partial charge in [0.1, 0.15) is 0 Å². The fraction of sp³-hybridized carbons (Fsp3) is 0.250. The first-order valence-electron chi connectivity index (χ1n) is 4.79. The Bertz CT molecular complexity index is 501. The summed E-state index contributed by atoms with van der Waals surface area (Å²) in [5.41, 5.74) is 4.08. The van der Waals surface area contributed by atoms with Crippen LogP contribution in [0.2, 0.25) is 0 Å². The van der Waals surface area contributed by atoms with Crippen LogP contribution in [0.4, 0.5) is 13.2 Å². The maximum absolute atomic E-state index is 12.6. The minimum absolute atomic E-state index is 0.227. The van der Waals surface area contributed by atoms with Gasteiger partial charge in [0, 0.05) is 18.5 Å². The van der Waals surface area contributed by atoms with E-state index in [2.05, 4.69) is 11.8 Å². The number of hydrogen-bond donors (Lipinski definition) is 1. The smallest absolute Gasteiger partial charge is 0.330 e. The van der Waals surface area contributed by atoms with E-state index >= 15 is 0 Å². The number of rotatable bonds is 1. The Labute approximate surface area is 96.8 Å². The molecule has 0 unspecified atom stereocenters. The first-order valence-corrected chi connectivity index (χ1v) is 4.79. The average Bonchev–Trinajstić information content (AvgIpc) is 2.28. The third-order valence-corrected chi connectivity index (χ3v) is 1.95. The first kappa shape index (κ1) is 13.1. The molecule has 0 aliphatic heterocycles. The van der Waals surface area contributed by atoms with E-state index in [1.165, 1.54) is 12.1 Å². The van der Waals surface area contributed by atoms with Crippen molar-refractivity contribution in [2.24, 2.45) is 5.73 Å². The van der Waals surface area contributed by atoms with E-state index < -0.39 is 17.3 Å². The Morgan fingerprint density at radius 2 is 2.00 bits per heavy atom. The number of nitrogens with zero attached hydrogens (tertiary/aromatic N) is 1. The van der Waals surface area contributed by atoms with Crippen LogP contribution in [0.3, 0.4) is 0 Å². The van der Waals surface area contributed by atoms with Gasteiger partial charge in [-0.25, -0.2) is 0 Å². The van der Waals surface area contributed by atoms with Gasteiger partial charge in [-0.15, -0.1) is 0 Å². The molecular formula is C12H9F3N2. The van der Waals surface area contributed by atoms with Crippen LogP contribution in [0.15, 0.2) is 18.2 Å². The molecule has 0 bridgehead atoms. The molecule has 0 fully saturated rings. The Hall–Kier alpha value is -1.98. The fourth-order valence-electron chi connectivity index (χ4n) is 1.19. The molecule has 1 aromatic carbocycles. The lowest BCUT2D eigenvalue weighted by atomic mass is 10.0. The van der Waals surface area contributed by atoms with E-state index in [-0.39, 0.29) is 5.56 Å². The summed E-state index contributed by atoms with van der Waals surface area (Å²) >= 11 is 0. The van der Waals surface area contributed by atoms with Gasteiger partial charge in [-0.1, -0.05) is 11.8 Å². The maximum Gasteiger partial charge on any atom is 0.417 e. The molecule has 0 amide bonds. The zero-order valence-electron chi connectivity index (χ0n) is 8.80. The van der Waals surface area contributed by atoms with Crippen LogP contribution in [-0.4, -0.2) is 6.54 Å². The molecule has 17 heavy (non-hydrogen) atoms. The van der Waals surface area contributed by atoms with Gasteiger partial charge in [-0.05, 0) is 18.2 Å². The summed E-state index contributed by atoms with van der Waals surface area (Å²) < 4.78 is 37.8. The summed E-state index contributed by atoms with van der Waals surface area (Å²) in [6.45, 7) is 0.357. The number of halogens is 3. The van der Waals surface area contributed by atoms with E-state index in [4.69, 9.17) is 11.0 Å². The molecule has 0 aliphatic rings. The molecule has 0 saturated heterocycles. The molecule has 0 saturated carbocycles. The van der Waals surface area contributed by atoms with Gasteiger partial charge in [-0.3, -0.25) is 0 Å². The molecule has 1 rings (SSSR count). The molecule has 0 aliphatic carbocycles. The van der Waals surface area contributed by atoms with Crippen molar-refractivity contribution in [3.8, 4) is 17.9 Å². The van der Waals surface area contributed by atoms with Crippen LogP contribution < -0.4 is 5.73 Å². The standard InChI is InChI=1S/C12H9F3N2/c13-12(14,15)11-7-9(3-1-2-6-16)4-5-10(11)8-17/h4-5,7H,2,6,16H2. The predicted octanol–water partition coefficient (Wildman–Crippen LogP) is 2.28. The fourth-order valence-corrected chi connectivity index (χ4v) is 1.19. The van der Waals surface area contributed by atoms with Crippen LogP contribution in [-0.2, 0) is 6.18 Å². The lowest BCUT2D eigenvalue weighted by molar-refractivity contribution is -0.137. The molecule has 5 heteroatoms. The molecular weight excluding hydrogens is 229 g/mol. The number of nitriles is 1. The highest BCUT2D eigenvalue weighted by Crippen LogP contribution is 2.32. The van der Waals surface area contributed by atoms with Crippen LogP contribution in [0, 0.1) is 23.2 Å². The first-order chi connectivity index (χ1) is 7.99. The molecule has 0 heterocycles. The van der Waals surface area contributed by atoms with Crippen molar-refractivity contribution in [3.63, 3.8) is 0 Å². The van der Waals surface area contributed by atoms with E-state index in [1.807, 2.05) is 0 Å². The molecule has 0 aromatic heterocycles. The number of benzene rings is 1. The molecule has 1 aromatic rings. The second-order valence-electron chi connectivity index (χ2n) is 3.21. The molecule has 2 nitrogen and oxygen atoms in total. The van der Waals surface area contributed by atoms with Gasteiger partial charge in [0.25, 0.3) is 0 Å². The molecule has 0 radical (unpaired) electrons. The SMILES string of the molecule is N#Cc1ccc(C#CCCN)cc1C(F)(F)F. The summed E-state index contributed by atoms with van der Waals surface area (Å²) in [6.07, 6.45) is -4.13. The van der Waals surface area contributed by atoms with Crippen molar-refractivity contribution in [3.05, 3.63) is 34.9 Å². The van der Waals surface area contributed by atoms with Crippen LogP contribution in [0.1, 0.15) is 23.1 Å². The van der Waals surface area contributed by atoms with Crippen molar-refractivity contribution >= 4 is 0 Å². The van der Waals surface area contributed by atoms with Gasteiger partial charge in [-0.2, -0.15) is 18.4 Å². The summed E-state index contributed by atoms with van der Waals surface area (Å²) in [5, 5.41) is 8.58. The van der Waals surface area contributed by atoms with Crippen LogP contribution in [0.5, 0.6) is 0 Å². The second-order valence-corrected chi connectivity index (χ2v) is 3.21. The molecule has 88 valence electrons. The highest BCUT2D eigenvalue weighted by atomic mass is 19.4. The van der Waals surface area contributed by atoms with Crippen LogP contribution in [0.25, 0.3) is 0 Å². The average molecular weight is 238 g/mol. The van der Waals surface area contributed by atoms with Crippen molar-refractivity contribution in [1.29, 1.82) is 5.26 Å². The zero-order valence-corrected chi connectivity index (χ0v) is 8.80. The van der Waals surface area contributed by atoms with Gasteiger partial charge < -0.3 is 5.73 Å². The lowest BCUT2D eigenvalue weighted by Crippen LogP contribution is -2.08. The Morgan fingerprint density at radius 1 is 1.29 bits per heavy atom. The lowest BCUT2D eigenvalue weighted by Gasteiger charge is -2.08. The maximum atomic E-state index is 12.6. The zero-order chi connectivity index (χ0) is 12.9. The summed E-state index contributed by atoms with van der Waals surface area (Å²) in [4.78, 5) is 0. The summed E-state index contributed by atoms with van der Waals surface area (Å²) in [6, 6.07) is 4.89. The third-order valence-electron chi connectivity index (χ3n) is 1.95. The highest BCUT2D eigenvalue weighted by molar-refractivity contribution is 5.46. The second kappa shape index (κ2) is 5.38. The van der Waals surface area contributed by atoms with E-state index in [0.717, 1.165) is 12.1 Å². The van der Waals surface area contributed by atoms with Gasteiger partial charge in [0.15, 0.2) is 0 Å². The number of alkyl halides is 3. The van der Waals surface area contributed by atoms with Crippen molar-refractivity contribution in [2.45, 2.75) is 12.6 Å². The van der Waals surface area contributed by atoms with Crippen molar-refractivity contribution < 1.29 is 13.2 Å². The highest BCUT2D eigenvalue weighted by Gasteiger charge is 2.33. The molecule has 0 atom stereocenters. The summed E-state index contributed by atoms with van der Waals surface area (Å²) in [5.74, 6) is 5.21. The van der Waals surface area contributed by atoms with Crippen LogP contribution >= 0.6 is 0 Å². The quantitative estimate of drug-likeness (QED) is 0.763. The Kier molecular flexibility index (Phi) is 4.14. The van der Waals surface area contributed by atoms with Crippen molar-refractivity contribution in [2.75, 3.05) is 6.54 Å². The largest absolute Gasteiger partial charge is 0.417 e. The van der Waals surface area contributed by atoms with E-state index in [1.54, 1.807) is 0 Å². The number of nitrogens with two attached hydrogens (primary N) is 1. The molecule has 2 N–H and O–H groups in total. The normalized spacial score (nSPS) is 10.3. The topological polar surface area (TPSA) is 49.8 Å².